The summed E-state index contributed by atoms with van der Waals surface area (Å²) in [5.41, 5.74) is 2.10. The van der Waals surface area contributed by atoms with Crippen molar-refractivity contribution in [2.75, 3.05) is 6.61 Å². The molecule has 104 valence electrons. The van der Waals surface area contributed by atoms with E-state index in [-0.39, 0.29) is 0 Å². The number of fused-ring (bicyclic) bond motifs is 2. The standard InChI is InChI=1S/C17H24O2/c1-11-3-6-16(12(2)18)17(7-11)19-10-15-9-13-4-5-14(15)8-13/h3,6-7,12-15,18H,4-5,8-10H2,1-2H3/t12-,13?,14?,15?/m1/s1. The van der Waals surface area contributed by atoms with Gasteiger partial charge in [0.25, 0.3) is 0 Å². The monoisotopic (exact) mass is 260 g/mol. The summed E-state index contributed by atoms with van der Waals surface area (Å²) in [4.78, 5) is 0. The molecule has 0 spiro atoms. The third-order valence-electron chi connectivity index (χ3n) is 4.96. The van der Waals surface area contributed by atoms with Gasteiger partial charge < -0.3 is 9.84 Å². The third kappa shape index (κ3) is 2.64. The summed E-state index contributed by atoms with van der Waals surface area (Å²) in [5, 5.41) is 9.81. The highest BCUT2D eigenvalue weighted by molar-refractivity contribution is 5.38. The van der Waals surface area contributed by atoms with E-state index in [1.165, 1.54) is 31.2 Å². The lowest BCUT2D eigenvalue weighted by Crippen LogP contribution is -2.19. The van der Waals surface area contributed by atoms with Crippen molar-refractivity contribution in [1.29, 1.82) is 0 Å². The molecule has 0 saturated heterocycles. The van der Waals surface area contributed by atoms with Gasteiger partial charge in [0.1, 0.15) is 5.75 Å². The van der Waals surface area contributed by atoms with Gasteiger partial charge in [-0.05, 0) is 62.5 Å². The average molecular weight is 260 g/mol. The summed E-state index contributed by atoms with van der Waals surface area (Å²) in [6.45, 7) is 4.69. The Labute approximate surface area is 115 Å². The number of benzene rings is 1. The number of rotatable bonds is 4. The summed E-state index contributed by atoms with van der Waals surface area (Å²) >= 11 is 0. The smallest absolute Gasteiger partial charge is 0.125 e. The van der Waals surface area contributed by atoms with Gasteiger partial charge in [0, 0.05) is 5.56 Å². The van der Waals surface area contributed by atoms with E-state index in [9.17, 15) is 5.11 Å². The number of aliphatic hydroxyl groups excluding tert-OH is 1. The fourth-order valence-electron chi connectivity index (χ4n) is 3.89. The van der Waals surface area contributed by atoms with Gasteiger partial charge in [-0.3, -0.25) is 0 Å². The first-order valence-corrected chi connectivity index (χ1v) is 7.55. The van der Waals surface area contributed by atoms with Gasteiger partial charge in [-0.25, -0.2) is 0 Å². The third-order valence-corrected chi connectivity index (χ3v) is 4.96. The van der Waals surface area contributed by atoms with E-state index in [1.807, 2.05) is 12.1 Å². The van der Waals surface area contributed by atoms with Crippen LogP contribution < -0.4 is 4.74 Å². The van der Waals surface area contributed by atoms with Crippen LogP contribution in [0.4, 0.5) is 0 Å². The summed E-state index contributed by atoms with van der Waals surface area (Å²) in [7, 11) is 0. The fourth-order valence-corrected chi connectivity index (χ4v) is 3.89. The van der Waals surface area contributed by atoms with Crippen LogP contribution in [0.1, 0.15) is 49.8 Å². The van der Waals surface area contributed by atoms with E-state index in [2.05, 4.69) is 13.0 Å². The highest BCUT2D eigenvalue weighted by Gasteiger charge is 2.39. The molecule has 2 aliphatic carbocycles. The zero-order valence-corrected chi connectivity index (χ0v) is 11.9. The Kier molecular flexibility index (Phi) is 3.53. The molecule has 19 heavy (non-hydrogen) atoms. The maximum absolute atomic E-state index is 9.81. The molecule has 0 amide bonds. The number of hydrogen-bond acceptors (Lipinski definition) is 2. The SMILES string of the molecule is Cc1ccc([C@@H](C)O)c(OCC2CC3CCC2C3)c1. The lowest BCUT2D eigenvalue weighted by molar-refractivity contribution is 0.172. The fraction of sp³-hybridized carbons (Fsp3) is 0.647. The van der Waals surface area contributed by atoms with Crippen LogP contribution in [0.25, 0.3) is 0 Å². The second kappa shape index (κ2) is 5.16. The molecular formula is C17H24O2. The van der Waals surface area contributed by atoms with Crippen molar-refractivity contribution >= 4 is 0 Å². The molecule has 2 bridgehead atoms. The van der Waals surface area contributed by atoms with Gasteiger partial charge in [-0.15, -0.1) is 0 Å². The van der Waals surface area contributed by atoms with E-state index in [4.69, 9.17) is 4.74 Å². The highest BCUT2D eigenvalue weighted by Crippen LogP contribution is 2.48. The van der Waals surface area contributed by atoms with Gasteiger partial charge in [-0.1, -0.05) is 18.6 Å². The predicted molar refractivity (Wildman–Crippen MR) is 76.2 cm³/mol. The molecule has 2 nitrogen and oxygen atoms in total. The number of aryl methyl sites for hydroxylation is 1. The normalized spacial score (nSPS) is 30.6. The molecule has 3 rings (SSSR count). The van der Waals surface area contributed by atoms with Crippen LogP contribution in [-0.4, -0.2) is 11.7 Å². The highest BCUT2D eigenvalue weighted by atomic mass is 16.5. The molecule has 0 heterocycles. The lowest BCUT2D eigenvalue weighted by Gasteiger charge is -2.23. The van der Waals surface area contributed by atoms with Gasteiger partial charge >= 0.3 is 0 Å². The van der Waals surface area contributed by atoms with Crippen molar-refractivity contribution in [1.82, 2.24) is 0 Å². The van der Waals surface area contributed by atoms with Crippen molar-refractivity contribution in [2.24, 2.45) is 17.8 Å². The first kappa shape index (κ1) is 13.0. The molecule has 2 saturated carbocycles. The molecule has 2 aliphatic rings. The van der Waals surface area contributed by atoms with E-state index in [0.29, 0.717) is 0 Å². The largest absolute Gasteiger partial charge is 0.493 e. The van der Waals surface area contributed by atoms with Crippen LogP contribution >= 0.6 is 0 Å². The van der Waals surface area contributed by atoms with E-state index in [0.717, 1.165) is 35.7 Å². The first-order valence-electron chi connectivity index (χ1n) is 7.55. The van der Waals surface area contributed by atoms with E-state index in [1.54, 1.807) is 6.92 Å². The zero-order chi connectivity index (χ0) is 13.4. The predicted octanol–water partition coefficient (Wildman–Crippen LogP) is 3.86. The maximum atomic E-state index is 9.81. The molecule has 0 radical (unpaired) electrons. The summed E-state index contributed by atoms with van der Waals surface area (Å²) in [6.07, 6.45) is 5.14. The maximum Gasteiger partial charge on any atom is 0.125 e. The number of ether oxygens (including phenoxy) is 1. The first-order chi connectivity index (χ1) is 9.13. The molecule has 2 fully saturated rings. The molecule has 1 N–H and O–H groups in total. The Morgan fingerprint density at radius 3 is 2.79 bits per heavy atom. The minimum atomic E-state index is -0.462. The van der Waals surface area contributed by atoms with Crippen molar-refractivity contribution in [3.63, 3.8) is 0 Å². The van der Waals surface area contributed by atoms with Gasteiger partial charge in [0.2, 0.25) is 0 Å². The Balaban J connectivity index is 1.67. The molecule has 0 aliphatic heterocycles. The minimum absolute atomic E-state index is 0.462. The van der Waals surface area contributed by atoms with Gasteiger partial charge in [-0.2, -0.15) is 0 Å². The molecule has 1 aromatic rings. The van der Waals surface area contributed by atoms with Crippen molar-refractivity contribution < 1.29 is 9.84 Å². The Hall–Kier alpha value is -1.02. The van der Waals surface area contributed by atoms with E-state index >= 15 is 0 Å². The second-order valence-corrected chi connectivity index (χ2v) is 6.46. The lowest BCUT2D eigenvalue weighted by atomic mass is 9.89. The van der Waals surface area contributed by atoms with Crippen LogP contribution in [0.15, 0.2) is 18.2 Å². The quantitative estimate of drug-likeness (QED) is 0.890. The number of hydrogen-bond donors (Lipinski definition) is 1. The molecule has 3 unspecified atom stereocenters. The van der Waals surface area contributed by atoms with Gasteiger partial charge in [0.05, 0.1) is 12.7 Å². The molecule has 4 atom stereocenters. The molecular weight excluding hydrogens is 236 g/mol. The molecule has 0 aromatic heterocycles. The van der Waals surface area contributed by atoms with Crippen LogP contribution in [0.2, 0.25) is 0 Å². The van der Waals surface area contributed by atoms with Gasteiger partial charge in [0.15, 0.2) is 0 Å². The Morgan fingerprint density at radius 1 is 1.32 bits per heavy atom. The molecule has 1 aromatic carbocycles. The number of aliphatic hydroxyl groups is 1. The second-order valence-electron chi connectivity index (χ2n) is 6.46. The Morgan fingerprint density at radius 2 is 2.16 bits per heavy atom. The van der Waals surface area contributed by atoms with Crippen LogP contribution in [0, 0.1) is 24.7 Å². The summed E-state index contributed by atoms with van der Waals surface area (Å²) in [5.74, 6) is 3.47. The average Bonchev–Trinajstić information content (AvgIpc) is 2.98. The van der Waals surface area contributed by atoms with Crippen LogP contribution in [-0.2, 0) is 0 Å². The van der Waals surface area contributed by atoms with E-state index < -0.39 is 6.10 Å². The summed E-state index contributed by atoms with van der Waals surface area (Å²) in [6, 6.07) is 6.07. The van der Waals surface area contributed by atoms with Crippen molar-refractivity contribution in [3.05, 3.63) is 29.3 Å². The van der Waals surface area contributed by atoms with Crippen molar-refractivity contribution in [3.8, 4) is 5.75 Å². The topological polar surface area (TPSA) is 29.5 Å². The van der Waals surface area contributed by atoms with Crippen LogP contribution in [0.5, 0.6) is 5.75 Å². The Bertz CT molecular complexity index is 453. The zero-order valence-electron chi connectivity index (χ0n) is 11.9. The van der Waals surface area contributed by atoms with Crippen molar-refractivity contribution in [2.45, 2.75) is 45.6 Å². The summed E-state index contributed by atoms with van der Waals surface area (Å²) < 4.78 is 6.06. The molecule has 2 heteroatoms. The minimum Gasteiger partial charge on any atom is -0.493 e. The van der Waals surface area contributed by atoms with Crippen LogP contribution in [0.3, 0.4) is 0 Å².